The van der Waals surface area contributed by atoms with Gasteiger partial charge in [-0.05, 0) is 30.8 Å². The SMILES string of the molecule is CCCNC(CCOC)c1sccc1Cl. The monoisotopic (exact) mass is 247 g/mol. The van der Waals surface area contributed by atoms with Crippen LogP contribution in [0.4, 0.5) is 0 Å². The molecule has 0 bridgehead atoms. The topological polar surface area (TPSA) is 21.3 Å². The van der Waals surface area contributed by atoms with Crippen LogP contribution in [0.2, 0.25) is 5.02 Å². The number of methoxy groups -OCH3 is 1. The van der Waals surface area contributed by atoms with Crippen LogP contribution in [0.1, 0.15) is 30.7 Å². The van der Waals surface area contributed by atoms with Crippen LogP contribution in [0, 0.1) is 0 Å². The Labute approximate surface area is 101 Å². The summed E-state index contributed by atoms with van der Waals surface area (Å²) in [6.07, 6.45) is 2.10. The Hall–Kier alpha value is -0.0900. The highest BCUT2D eigenvalue weighted by molar-refractivity contribution is 7.10. The van der Waals surface area contributed by atoms with Gasteiger partial charge in [0.05, 0.1) is 5.02 Å². The lowest BCUT2D eigenvalue weighted by Crippen LogP contribution is -2.22. The molecule has 0 radical (unpaired) electrons. The van der Waals surface area contributed by atoms with Crippen molar-refractivity contribution in [2.75, 3.05) is 20.3 Å². The second-order valence-corrected chi connectivity index (χ2v) is 4.78. The molecule has 0 saturated heterocycles. The Morgan fingerprint density at radius 1 is 1.60 bits per heavy atom. The van der Waals surface area contributed by atoms with Gasteiger partial charge in [0, 0.05) is 24.6 Å². The van der Waals surface area contributed by atoms with Gasteiger partial charge in [0.1, 0.15) is 0 Å². The van der Waals surface area contributed by atoms with E-state index in [0.29, 0.717) is 6.04 Å². The zero-order valence-corrected chi connectivity index (χ0v) is 10.8. The van der Waals surface area contributed by atoms with Crippen LogP contribution in [-0.4, -0.2) is 20.3 Å². The van der Waals surface area contributed by atoms with Crippen molar-refractivity contribution < 1.29 is 4.74 Å². The minimum absolute atomic E-state index is 0.331. The number of rotatable bonds is 7. The Balaban J connectivity index is 2.58. The lowest BCUT2D eigenvalue weighted by molar-refractivity contribution is 0.183. The van der Waals surface area contributed by atoms with Crippen molar-refractivity contribution in [3.8, 4) is 0 Å². The average Bonchev–Trinajstić information content (AvgIpc) is 2.65. The molecule has 0 aliphatic carbocycles. The molecule has 4 heteroatoms. The van der Waals surface area contributed by atoms with Crippen molar-refractivity contribution in [3.05, 3.63) is 21.3 Å². The summed E-state index contributed by atoms with van der Waals surface area (Å²) in [7, 11) is 1.73. The number of ether oxygens (including phenoxy) is 1. The zero-order chi connectivity index (χ0) is 11.1. The van der Waals surface area contributed by atoms with Crippen molar-refractivity contribution >= 4 is 22.9 Å². The molecule has 0 aromatic carbocycles. The van der Waals surface area contributed by atoms with Crippen LogP contribution >= 0.6 is 22.9 Å². The summed E-state index contributed by atoms with van der Waals surface area (Å²) < 4.78 is 5.11. The summed E-state index contributed by atoms with van der Waals surface area (Å²) in [6.45, 7) is 3.94. The summed E-state index contributed by atoms with van der Waals surface area (Å²) in [5, 5.41) is 6.39. The van der Waals surface area contributed by atoms with Gasteiger partial charge in [-0.15, -0.1) is 11.3 Å². The molecule has 0 aliphatic heterocycles. The van der Waals surface area contributed by atoms with E-state index in [4.69, 9.17) is 16.3 Å². The second kappa shape index (κ2) is 7.23. The standard InChI is InChI=1S/C11H18ClNOS/c1-3-6-13-10(4-7-14-2)11-9(12)5-8-15-11/h5,8,10,13H,3-4,6-7H2,1-2H3. The highest BCUT2D eigenvalue weighted by atomic mass is 35.5. The van der Waals surface area contributed by atoms with E-state index < -0.39 is 0 Å². The first-order valence-corrected chi connectivity index (χ1v) is 6.50. The second-order valence-electron chi connectivity index (χ2n) is 3.42. The van der Waals surface area contributed by atoms with E-state index in [1.807, 2.05) is 11.4 Å². The third-order valence-electron chi connectivity index (χ3n) is 2.21. The molecular formula is C11H18ClNOS. The largest absolute Gasteiger partial charge is 0.385 e. The van der Waals surface area contributed by atoms with Crippen molar-refractivity contribution in [1.82, 2.24) is 5.32 Å². The predicted molar refractivity (Wildman–Crippen MR) is 66.9 cm³/mol. The lowest BCUT2D eigenvalue weighted by atomic mass is 10.1. The summed E-state index contributed by atoms with van der Waals surface area (Å²) in [6, 6.07) is 2.28. The van der Waals surface area contributed by atoms with Gasteiger partial charge >= 0.3 is 0 Å². The van der Waals surface area contributed by atoms with Crippen molar-refractivity contribution in [3.63, 3.8) is 0 Å². The van der Waals surface area contributed by atoms with Gasteiger partial charge in [-0.1, -0.05) is 18.5 Å². The molecule has 0 aliphatic rings. The third kappa shape index (κ3) is 4.11. The van der Waals surface area contributed by atoms with E-state index in [1.54, 1.807) is 18.4 Å². The molecule has 1 N–H and O–H groups in total. The molecule has 1 heterocycles. The molecule has 0 amide bonds. The summed E-state index contributed by atoms with van der Waals surface area (Å²) in [4.78, 5) is 1.22. The van der Waals surface area contributed by atoms with E-state index in [1.165, 1.54) is 4.88 Å². The first-order chi connectivity index (χ1) is 7.29. The quantitative estimate of drug-likeness (QED) is 0.797. The zero-order valence-electron chi connectivity index (χ0n) is 9.25. The Morgan fingerprint density at radius 3 is 2.93 bits per heavy atom. The van der Waals surface area contributed by atoms with E-state index in [-0.39, 0.29) is 0 Å². The highest BCUT2D eigenvalue weighted by Crippen LogP contribution is 2.30. The van der Waals surface area contributed by atoms with E-state index in [0.717, 1.165) is 31.0 Å². The Morgan fingerprint density at radius 2 is 2.40 bits per heavy atom. The molecule has 0 fully saturated rings. The van der Waals surface area contributed by atoms with E-state index in [2.05, 4.69) is 12.2 Å². The lowest BCUT2D eigenvalue weighted by Gasteiger charge is -2.17. The Kier molecular flexibility index (Phi) is 6.25. The van der Waals surface area contributed by atoms with E-state index >= 15 is 0 Å². The van der Waals surface area contributed by atoms with Gasteiger partial charge in [0.2, 0.25) is 0 Å². The molecule has 86 valence electrons. The fourth-order valence-corrected chi connectivity index (χ4v) is 2.73. The first kappa shape index (κ1) is 13.0. The summed E-state index contributed by atoms with van der Waals surface area (Å²) in [5.74, 6) is 0. The number of hydrogen-bond acceptors (Lipinski definition) is 3. The summed E-state index contributed by atoms with van der Waals surface area (Å²) >= 11 is 7.83. The van der Waals surface area contributed by atoms with Gasteiger partial charge in [-0.3, -0.25) is 0 Å². The minimum atomic E-state index is 0.331. The third-order valence-corrected chi connectivity index (χ3v) is 3.68. The molecule has 0 spiro atoms. The van der Waals surface area contributed by atoms with Crippen LogP contribution in [0.15, 0.2) is 11.4 Å². The molecule has 1 atom stereocenters. The van der Waals surface area contributed by atoms with Crippen molar-refractivity contribution in [2.24, 2.45) is 0 Å². The fraction of sp³-hybridized carbons (Fsp3) is 0.636. The molecule has 1 rings (SSSR count). The molecular weight excluding hydrogens is 230 g/mol. The summed E-state index contributed by atoms with van der Waals surface area (Å²) in [5.41, 5.74) is 0. The van der Waals surface area contributed by atoms with Gasteiger partial charge in [-0.25, -0.2) is 0 Å². The van der Waals surface area contributed by atoms with E-state index in [9.17, 15) is 0 Å². The van der Waals surface area contributed by atoms with Gasteiger partial charge in [-0.2, -0.15) is 0 Å². The number of halogens is 1. The van der Waals surface area contributed by atoms with Crippen LogP contribution in [0.25, 0.3) is 0 Å². The van der Waals surface area contributed by atoms with Crippen LogP contribution in [0.3, 0.4) is 0 Å². The van der Waals surface area contributed by atoms with Crippen LogP contribution < -0.4 is 5.32 Å². The molecule has 1 aromatic rings. The minimum Gasteiger partial charge on any atom is -0.385 e. The maximum atomic E-state index is 6.12. The number of thiophene rings is 1. The fourth-order valence-electron chi connectivity index (χ4n) is 1.43. The van der Waals surface area contributed by atoms with Crippen molar-refractivity contribution in [2.45, 2.75) is 25.8 Å². The van der Waals surface area contributed by atoms with Gasteiger partial charge in [0.25, 0.3) is 0 Å². The predicted octanol–water partition coefficient (Wildman–Crippen LogP) is 3.48. The molecule has 2 nitrogen and oxygen atoms in total. The van der Waals surface area contributed by atoms with Crippen LogP contribution in [0.5, 0.6) is 0 Å². The number of nitrogens with one attached hydrogen (secondary N) is 1. The van der Waals surface area contributed by atoms with Gasteiger partial charge in [0.15, 0.2) is 0 Å². The maximum absolute atomic E-state index is 6.12. The molecule has 1 aromatic heterocycles. The van der Waals surface area contributed by atoms with Crippen molar-refractivity contribution in [1.29, 1.82) is 0 Å². The smallest absolute Gasteiger partial charge is 0.0561 e. The van der Waals surface area contributed by atoms with Crippen LogP contribution in [-0.2, 0) is 4.74 Å². The first-order valence-electron chi connectivity index (χ1n) is 5.24. The molecule has 0 saturated carbocycles. The maximum Gasteiger partial charge on any atom is 0.0561 e. The number of hydrogen-bond donors (Lipinski definition) is 1. The Bertz CT molecular complexity index is 269. The average molecular weight is 248 g/mol. The van der Waals surface area contributed by atoms with Gasteiger partial charge < -0.3 is 10.1 Å². The normalized spacial score (nSPS) is 13.0. The molecule has 15 heavy (non-hydrogen) atoms. The molecule has 1 unspecified atom stereocenters. The highest BCUT2D eigenvalue weighted by Gasteiger charge is 2.14.